The lowest BCUT2D eigenvalue weighted by Gasteiger charge is -2.10. The predicted octanol–water partition coefficient (Wildman–Crippen LogP) is 7.66. The van der Waals surface area contributed by atoms with Crippen molar-refractivity contribution in [3.63, 3.8) is 0 Å². The number of fused-ring (bicyclic) bond motifs is 1. The lowest BCUT2D eigenvalue weighted by molar-refractivity contribution is 0.294. The zero-order valence-electron chi connectivity index (χ0n) is 17.0. The van der Waals surface area contributed by atoms with Gasteiger partial charge in [0.1, 0.15) is 16.7 Å². The Morgan fingerprint density at radius 2 is 1.36 bits per heavy atom. The third-order valence-electron chi connectivity index (χ3n) is 5.06. The van der Waals surface area contributed by atoms with E-state index in [9.17, 15) is 0 Å². The summed E-state index contributed by atoms with van der Waals surface area (Å²) in [6, 6.07) is 10.2. The van der Waals surface area contributed by atoms with Crippen molar-refractivity contribution in [2.45, 2.75) is 71.1 Å². The largest absolute Gasteiger partial charge is 0.476 e. The van der Waals surface area contributed by atoms with Crippen molar-refractivity contribution in [1.82, 2.24) is 9.97 Å². The van der Waals surface area contributed by atoms with E-state index in [4.69, 9.17) is 14.7 Å². The molecular weight excluding hydrogens is 364 g/mol. The van der Waals surface area contributed by atoms with Crippen LogP contribution in [0.15, 0.2) is 41.1 Å². The minimum atomic E-state index is 0.660. The highest BCUT2D eigenvalue weighted by molar-refractivity contribution is 7.09. The summed E-state index contributed by atoms with van der Waals surface area (Å²) in [6.45, 7) is 2.98. The topological polar surface area (TPSA) is 35.0 Å². The summed E-state index contributed by atoms with van der Waals surface area (Å²) < 4.78 is 6.07. The van der Waals surface area contributed by atoms with Crippen molar-refractivity contribution in [1.29, 1.82) is 0 Å². The number of rotatable bonds is 13. The standard InChI is InChI=1S/C24H32N2OS/c1-2-3-4-5-6-7-8-9-10-14-17-27-24-23(20-15-12-11-13-16-20)25-21-18-28-19-22(21)26-24/h11-13,15-16,18-19H,2-10,14,17H2,1H3. The molecule has 28 heavy (non-hydrogen) atoms. The summed E-state index contributed by atoms with van der Waals surface area (Å²) in [5, 5.41) is 4.07. The number of thiophene rings is 1. The van der Waals surface area contributed by atoms with E-state index in [2.05, 4.69) is 19.1 Å². The monoisotopic (exact) mass is 396 g/mol. The van der Waals surface area contributed by atoms with Gasteiger partial charge in [0.2, 0.25) is 5.88 Å². The molecule has 0 aliphatic carbocycles. The van der Waals surface area contributed by atoms with E-state index in [1.807, 2.05) is 29.0 Å². The lowest BCUT2D eigenvalue weighted by Crippen LogP contribution is -2.02. The fourth-order valence-corrected chi connectivity index (χ4v) is 4.10. The van der Waals surface area contributed by atoms with Gasteiger partial charge in [-0.25, -0.2) is 9.97 Å². The Hall–Kier alpha value is -1.94. The highest BCUT2D eigenvalue weighted by Gasteiger charge is 2.12. The molecule has 0 unspecified atom stereocenters. The molecule has 0 radical (unpaired) electrons. The smallest absolute Gasteiger partial charge is 0.241 e. The van der Waals surface area contributed by atoms with Crippen LogP contribution in [0.5, 0.6) is 5.88 Å². The summed E-state index contributed by atoms with van der Waals surface area (Å²) in [5.74, 6) is 0.660. The van der Waals surface area contributed by atoms with Gasteiger partial charge in [-0.3, -0.25) is 0 Å². The molecule has 0 aliphatic heterocycles. The molecule has 4 heteroatoms. The lowest BCUT2D eigenvalue weighted by atomic mass is 10.1. The fourth-order valence-electron chi connectivity index (χ4n) is 3.42. The molecule has 3 nitrogen and oxygen atoms in total. The zero-order valence-corrected chi connectivity index (χ0v) is 17.8. The fraction of sp³-hybridized carbons (Fsp3) is 0.500. The molecule has 3 rings (SSSR count). The summed E-state index contributed by atoms with van der Waals surface area (Å²) in [4.78, 5) is 9.52. The van der Waals surface area contributed by atoms with E-state index >= 15 is 0 Å². The molecule has 1 aromatic carbocycles. The SMILES string of the molecule is CCCCCCCCCCCCOc1nc2cscc2nc1-c1ccccc1. The van der Waals surface area contributed by atoms with Crippen LogP contribution in [-0.4, -0.2) is 16.6 Å². The average Bonchev–Trinajstić information content (AvgIpc) is 3.19. The Labute approximate surface area is 173 Å². The number of benzene rings is 1. The van der Waals surface area contributed by atoms with Crippen LogP contribution in [0, 0.1) is 0 Å². The third kappa shape index (κ3) is 6.30. The van der Waals surface area contributed by atoms with Gasteiger partial charge in [-0.15, -0.1) is 11.3 Å². The third-order valence-corrected chi connectivity index (χ3v) is 5.78. The maximum absolute atomic E-state index is 6.07. The molecular formula is C24H32N2OS. The van der Waals surface area contributed by atoms with E-state index in [-0.39, 0.29) is 0 Å². The predicted molar refractivity (Wildman–Crippen MR) is 120 cm³/mol. The summed E-state index contributed by atoms with van der Waals surface area (Å²) in [5.41, 5.74) is 3.76. The second-order valence-electron chi connectivity index (χ2n) is 7.42. The molecule has 0 fully saturated rings. The molecule has 2 aromatic heterocycles. The van der Waals surface area contributed by atoms with E-state index in [0.717, 1.165) is 28.7 Å². The molecule has 0 spiro atoms. The van der Waals surface area contributed by atoms with Crippen molar-refractivity contribution in [3.8, 4) is 17.1 Å². The first-order chi connectivity index (χ1) is 13.9. The van der Waals surface area contributed by atoms with Crippen molar-refractivity contribution in [2.75, 3.05) is 6.61 Å². The molecule has 0 atom stereocenters. The summed E-state index contributed by atoms with van der Waals surface area (Å²) in [6.07, 6.45) is 13.3. The van der Waals surface area contributed by atoms with Gasteiger partial charge in [0.05, 0.1) is 6.61 Å². The Bertz CT molecular complexity index is 816. The Morgan fingerprint density at radius 1 is 0.750 bits per heavy atom. The van der Waals surface area contributed by atoms with Crippen LogP contribution in [0.1, 0.15) is 71.1 Å². The van der Waals surface area contributed by atoms with Gasteiger partial charge in [0.15, 0.2) is 0 Å². The van der Waals surface area contributed by atoms with Gasteiger partial charge < -0.3 is 4.74 Å². The number of hydrogen-bond acceptors (Lipinski definition) is 4. The summed E-state index contributed by atoms with van der Waals surface area (Å²) >= 11 is 1.63. The highest BCUT2D eigenvalue weighted by Crippen LogP contribution is 2.30. The first kappa shape index (κ1) is 20.8. The van der Waals surface area contributed by atoms with E-state index in [1.54, 1.807) is 11.3 Å². The van der Waals surface area contributed by atoms with Crippen LogP contribution in [0.4, 0.5) is 0 Å². The van der Waals surface area contributed by atoms with Crippen LogP contribution in [0.25, 0.3) is 22.3 Å². The Balaban J connectivity index is 1.44. The van der Waals surface area contributed by atoms with Gasteiger partial charge >= 0.3 is 0 Å². The molecule has 0 aliphatic rings. The summed E-state index contributed by atoms with van der Waals surface area (Å²) in [7, 11) is 0. The molecule has 2 heterocycles. The quantitative estimate of drug-likeness (QED) is 0.278. The number of unbranched alkanes of at least 4 members (excludes halogenated alkanes) is 9. The van der Waals surface area contributed by atoms with Gasteiger partial charge in [-0.2, -0.15) is 0 Å². The van der Waals surface area contributed by atoms with Gasteiger partial charge in [0, 0.05) is 16.3 Å². The second-order valence-corrected chi connectivity index (χ2v) is 8.16. The molecule has 0 N–H and O–H groups in total. The zero-order chi connectivity index (χ0) is 19.4. The molecule has 150 valence electrons. The van der Waals surface area contributed by atoms with Crippen LogP contribution < -0.4 is 4.74 Å². The van der Waals surface area contributed by atoms with Crippen LogP contribution >= 0.6 is 11.3 Å². The van der Waals surface area contributed by atoms with Crippen molar-refractivity contribution in [3.05, 3.63) is 41.1 Å². The van der Waals surface area contributed by atoms with Crippen molar-refractivity contribution in [2.24, 2.45) is 0 Å². The minimum absolute atomic E-state index is 0.660. The van der Waals surface area contributed by atoms with E-state index in [0.29, 0.717) is 12.5 Å². The minimum Gasteiger partial charge on any atom is -0.476 e. The van der Waals surface area contributed by atoms with E-state index < -0.39 is 0 Å². The normalized spacial score (nSPS) is 11.2. The average molecular weight is 397 g/mol. The Morgan fingerprint density at radius 3 is 2.04 bits per heavy atom. The molecule has 0 saturated heterocycles. The molecule has 0 amide bonds. The maximum atomic E-state index is 6.07. The highest BCUT2D eigenvalue weighted by atomic mass is 32.1. The molecule has 0 saturated carbocycles. The van der Waals surface area contributed by atoms with Crippen molar-refractivity contribution >= 4 is 22.4 Å². The maximum Gasteiger partial charge on any atom is 0.241 e. The Kier molecular flexibility index (Phi) is 8.76. The van der Waals surface area contributed by atoms with Gasteiger partial charge in [-0.05, 0) is 6.42 Å². The van der Waals surface area contributed by atoms with Crippen LogP contribution in [-0.2, 0) is 0 Å². The first-order valence-electron chi connectivity index (χ1n) is 10.8. The number of hydrogen-bond donors (Lipinski definition) is 0. The molecule has 3 aromatic rings. The second kappa shape index (κ2) is 11.8. The molecule has 0 bridgehead atoms. The van der Waals surface area contributed by atoms with Gasteiger partial charge in [0.25, 0.3) is 0 Å². The van der Waals surface area contributed by atoms with Gasteiger partial charge in [-0.1, -0.05) is 95.0 Å². The van der Waals surface area contributed by atoms with Crippen molar-refractivity contribution < 1.29 is 4.74 Å². The van der Waals surface area contributed by atoms with Crippen LogP contribution in [0.3, 0.4) is 0 Å². The number of aromatic nitrogens is 2. The van der Waals surface area contributed by atoms with E-state index in [1.165, 1.54) is 57.8 Å². The first-order valence-corrected chi connectivity index (χ1v) is 11.7. The van der Waals surface area contributed by atoms with Crippen LogP contribution in [0.2, 0.25) is 0 Å². The number of ether oxygens (including phenoxy) is 1. The number of nitrogens with zero attached hydrogens (tertiary/aromatic N) is 2.